The second-order valence-electron chi connectivity index (χ2n) is 9.67. The fraction of sp³-hybridized carbons (Fsp3) is 0.367. The van der Waals surface area contributed by atoms with Crippen molar-refractivity contribution < 1.29 is 36.9 Å². The Hall–Kier alpha value is -3.80. The summed E-state index contributed by atoms with van der Waals surface area (Å²) in [6.07, 6.45) is 0.607. The first-order valence-electron chi connectivity index (χ1n) is 13.4. The number of amides is 1. The van der Waals surface area contributed by atoms with E-state index in [-0.39, 0.29) is 17.4 Å². The van der Waals surface area contributed by atoms with Gasteiger partial charge in [-0.2, -0.15) is 4.31 Å². The molecule has 0 saturated carbocycles. The van der Waals surface area contributed by atoms with Crippen molar-refractivity contribution in [3.63, 3.8) is 0 Å². The van der Waals surface area contributed by atoms with Gasteiger partial charge in [0.05, 0.1) is 45.5 Å². The van der Waals surface area contributed by atoms with Crippen LogP contribution in [0.2, 0.25) is 0 Å². The summed E-state index contributed by atoms with van der Waals surface area (Å²) in [6, 6.07) is 16.8. The summed E-state index contributed by atoms with van der Waals surface area (Å²) in [7, 11) is 1.07. The summed E-state index contributed by atoms with van der Waals surface area (Å²) in [5.41, 5.74) is 2.31. The van der Waals surface area contributed by atoms with Gasteiger partial charge in [-0.05, 0) is 66.1 Å². The molecule has 10 nitrogen and oxygen atoms in total. The number of carbonyl (C=O) groups excluding carboxylic acids is 1. The second-order valence-corrected chi connectivity index (χ2v) is 11.6. The number of fused-ring (bicyclic) bond motifs is 1. The SMILES string of the molecule is COc1cc2c(cc1OC)[C@H](COc1ccccc1OC)N(C(=O)c1ccc(S(=O)(=O)N3CCOCC3)cc1)CC2. The highest BCUT2D eigenvalue weighted by molar-refractivity contribution is 7.89. The van der Waals surface area contributed by atoms with Gasteiger partial charge in [-0.3, -0.25) is 4.79 Å². The molecule has 2 aliphatic heterocycles. The first-order valence-corrected chi connectivity index (χ1v) is 14.8. The fourth-order valence-electron chi connectivity index (χ4n) is 5.23. The Morgan fingerprint density at radius 2 is 1.49 bits per heavy atom. The molecule has 218 valence electrons. The molecule has 0 bridgehead atoms. The van der Waals surface area contributed by atoms with Crippen molar-refractivity contribution in [2.24, 2.45) is 0 Å². The molecule has 0 N–H and O–H groups in total. The molecular formula is C30H34N2O8S. The van der Waals surface area contributed by atoms with Crippen molar-refractivity contribution in [3.8, 4) is 23.0 Å². The predicted molar refractivity (Wildman–Crippen MR) is 152 cm³/mol. The van der Waals surface area contributed by atoms with Gasteiger partial charge in [0, 0.05) is 25.2 Å². The number of rotatable bonds is 9. The zero-order valence-electron chi connectivity index (χ0n) is 23.4. The molecule has 11 heteroatoms. The number of morpholine rings is 1. The van der Waals surface area contributed by atoms with Crippen LogP contribution in [0.15, 0.2) is 65.6 Å². The third-order valence-corrected chi connectivity index (χ3v) is 9.35. The molecule has 0 spiro atoms. The minimum absolute atomic E-state index is 0.146. The number of hydrogen-bond acceptors (Lipinski definition) is 8. The quantitative estimate of drug-likeness (QED) is 0.378. The average Bonchev–Trinajstić information content (AvgIpc) is 3.03. The van der Waals surface area contributed by atoms with Gasteiger partial charge in [0.1, 0.15) is 6.61 Å². The molecule has 1 atom stereocenters. The summed E-state index contributed by atoms with van der Waals surface area (Å²) in [6.45, 7) is 1.94. The Morgan fingerprint density at radius 1 is 0.854 bits per heavy atom. The normalized spacial score (nSPS) is 17.4. The Morgan fingerprint density at radius 3 is 2.15 bits per heavy atom. The van der Waals surface area contributed by atoms with Crippen LogP contribution < -0.4 is 18.9 Å². The Balaban J connectivity index is 1.45. The van der Waals surface area contributed by atoms with Gasteiger partial charge in [0.25, 0.3) is 5.91 Å². The van der Waals surface area contributed by atoms with E-state index in [1.165, 1.54) is 16.4 Å². The Labute approximate surface area is 240 Å². The van der Waals surface area contributed by atoms with Gasteiger partial charge in [0.2, 0.25) is 10.0 Å². The molecule has 2 aliphatic rings. The summed E-state index contributed by atoms with van der Waals surface area (Å²) >= 11 is 0. The molecule has 5 rings (SSSR count). The lowest BCUT2D eigenvalue weighted by atomic mass is 9.91. The number of ether oxygens (including phenoxy) is 5. The zero-order chi connectivity index (χ0) is 29.0. The molecule has 3 aromatic carbocycles. The van der Waals surface area contributed by atoms with Crippen molar-refractivity contribution in [3.05, 3.63) is 77.4 Å². The van der Waals surface area contributed by atoms with Crippen LogP contribution in [0.4, 0.5) is 0 Å². The highest BCUT2D eigenvalue weighted by Crippen LogP contribution is 2.39. The molecule has 3 aromatic rings. The molecule has 0 aromatic heterocycles. The third kappa shape index (κ3) is 5.83. The number of benzene rings is 3. The maximum atomic E-state index is 13.9. The highest BCUT2D eigenvalue weighted by atomic mass is 32.2. The van der Waals surface area contributed by atoms with Crippen LogP contribution in [-0.2, 0) is 21.2 Å². The third-order valence-electron chi connectivity index (χ3n) is 7.44. The lowest BCUT2D eigenvalue weighted by Crippen LogP contribution is -2.42. The lowest BCUT2D eigenvalue weighted by Gasteiger charge is -2.37. The van der Waals surface area contributed by atoms with Gasteiger partial charge in [-0.25, -0.2) is 8.42 Å². The summed E-state index contributed by atoms with van der Waals surface area (Å²) in [5, 5.41) is 0. The minimum Gasteiger partial charge on any atom is -0.493 e. The monoisotopic (exact) mass is 582 g/mol. The van der Waals surface area contributed by atoms with E-state index in [0.29, 0.717) is 67.8 Å². The first-order chi connectivity index (χ1) is 19.9. The second kappa shape index (κ2) is 12.4. The Bertz CT molecular complexity index is 1490. The number of sulfonamides is 1. The number of carbonyl (C=O) groups is 1. The Kier molecular flexibility index (Phi) is 8.67. The van der Waals surface area contributed by atoms with Crippen molar-refractivity contribution >= 4 is 15.9 Å². The van der Waals surface area contributed by atoms with Crippen molar-refractivity contribution in [1.82, 2.24) is 9.21 Å². The summed E-state index contributed by atoms with van der Waals surface area (Å²) in [4.78, 5) is 15.8. The molecular weight excluding hydrogens is 548 g/mol. The van der Waals surface area contributed by atoms with E-state index in [4.69, 9.17) is 23.7 Å². The van der Waals surface area contributed by atoms with Crippen LogP contribution in [0, 0.1) is 0 Å². The highest BCUT2D eigenvalue weighted by Gasteiger charge is 2.34. The van der Waals surface area contributed by atoms with E-state index < -0.39 is 16.1 Å². The van der Waals surface area contributed by atoms with Crippen LogP contribution in [0.1, 0.15) is 27.5 Å². The molecule has 0 unspecified atom stereocenters. The van der Waals surface area contributed by atoms with Crippen molar-refractivity contribution in [1.29, 1.82) is 0 Å². The summed E-state index contributed by atoms with van der Waals surface area (Å²) in [5.74, 6) is 2.10. The molecule has 0 aliphatic carbocycles. The molecule has 41 heavy (non-hydrogen) atoms. The number of nitrogens with zero attached hydrogens (tertiary/aromatic N) is 2. The largest absolute Gasteiger partial charge is 0.493 e. The van der Waals surface area contributed by atoms with E-state index in [9.17, 15) is 13.2 Å². The maximum Gasteiger partial charge on any atom is 0.254 e. The van der Waals surface area contributed by atoms with Crippen LogP contribution >= 0.6 is 0 Å². The maximum absolute atomic E-state index is 13.9. The predicted octanol–water partition coefficient (Wildman–Crippen LogP) is 3.55. The molecule has 2 heterocycles. The standard InChI is InChI=1S/C30H34N2O8S/c1-36-26-6-4-5-7-27(26)40-20-25-24-19-29(38-3)28(37-2)18-22(24)12-13-32(25)30(33)21-8-10-23(11-9-21)41(34,35)31-14-16-39-17-15-31/h4-11,18-19,25H,12-17,20H2,1-3H3/t25-/m0/s1. The molecule has 1 amide bonds. The average molecular weight is 583 g/mol. The molecule has 1 saturated heterocycles. The van der Waals surface area contributed by atoms with E-state index in [0.717, 1.165) is 11.1 Å². The number of para-hydroxylation sites is 2. The van der Waals surface area contributed by atoms with Crippen LogP contribution in [0.3, 0.4) is 0 Å². The van der Waals surface area contributed by atoms with Crippen LogP contribution in [-0.4, -0.2) is 84.3 Å². The van der Waals surface area contributed by atoms with Gasteiger partial charge in [-0.1, -0.05) is 12.1 Å². The van der Waals surface area contributed by atoms with Crippen LogP contribution in [0.25, 0.3) is 0 Å². The van der Waals surface area contributed by atoms with Crippen molar-refractivity contribution in [2.45, 2.75) is 17.4 Å². The van der Waals surface area contributed by atoms with E-state index in [1.807, 2.05) is 36.4 Å². The van der Waals surface area contributed by atoms with E-state index >= 15 is 0 Å². The van der Waals surface area contributed by atoms with Crippen molar-refractivity contribution in [2.75, 3.05) is 60.8 Å². The van der Waals surface area contributed by atoms with E-state index in [2.05, 4.69) is 0 Å². The zero-order valence-corrected chi connectivity index (χ0v) is 24.2. The van der Waals surface area contributed by atoms with Gasteiger partial charge in [0.15, 0.2) is 23.0 Å². The number of hydrogen-bond donors (Lipinski definition) is 0. The van der Waals surface area contributed by atoms with E-state index in [1.54, 1.807) is 38.4 Å². The van der Waals surface area contributed by atoms with Gasteiger partial charge in [-0.15, -0.1) is 0 Å². The number of methoxy groups -OCH3 is 3. The van der Waals surface area contributed by atoms with Gasteiger partial charge >= 0.3 is 0 Å². The summed E-state index contributed by atoms with van der Waals surface area (Å²) < 4.78 is 55.6. The molecule has 0 radical (unpaired) electrons. The lowest BCUT2D eigenvalue weighted by molar-refractivity contribution is 0.0587. The minimum atomic E-state index is -3.67. The fourth-order valence-corrected chi connectivity index (χ4v) is 6.64. The topological polar surface area (TPSA) is 104 Å². The van der Waals surface area contributed by atoms with Gasteiger partial charge < -0.3 is 28.6 Å². The van der Waals surface area contributed by atoms with Crippen LogP contribution in [0.5, 0.6) is 23.0 Å². The smallest absolute Gasteiger partial charge is 0.254 e. The molecule has 1 fully saturated rings. The first kappa shape index (κ1) is 28.7.